The molecule has 12 heteroatoms. The average Bonchev–Trinajstić information content (AvgIpc) is 3.27. The number of aliphatic hydroxyl groups is 2. The van der Waals surface area contributed by atoms with E-state index in [0.717, 1.165) is 12.1 Å². The first-order chi connectivity index (χ1) is 17.5. The van der Waals surface area contributed by atoms with Gasteiger partial charge in [-0.25, -0.2) is 17.2 Å². The molecule has 1 heterocycles. The lowest BCUT2D eigenvalue weighted by Gasteiger charge is -2.44. The van der Waals surface area contributed by atoms with Crippen molar-refractivity contribution in [2.45, 2.75) is 47.8 Å². The Bertz CT molecular complexity index is 1310. The number of nitrogens with zero attached hydrogens (tertiary/aromatic N) is 1. The van der Waals surface area contributed by atoms with E-state index in [4.69, 9.17) is 16.3 Å². The van der Waals surface area contributed by atoms with Crippen molar-refractivity contribution >= 4 is 33.0 Å². The lowest BCUT2D eigenvalue weighted by atomic mass is 9.74. The molecule has 3 atom stereocenters. The van der Waals surface area contributed by atoms with E-state index in [0.29, 0.717) is 26.0 Å². The van der Waals surface area contributed by atoms with Crippen molar-refractivity contribution in [2.24, 2.45) is 11.8 Å². The minimum atomic E-state index is -3.97. The molecule has 37 heavy (non-hydrogen) atoms. The third kappa shape index (κ3) is 4.88. The number of halogens is 3. The fraction of sp³-hybridized carbons (Fsp3) is 0.480. The quantitative estimate of drug-likeness (QED) is 0.500. The molecule has 2 saturated carbocycles. The standard InChI is InChI=1S/C25H27ClF2N2O6S/c26-19-5-1-14(23(31)29-17-4-6-20(27)21(28)12-17)9-22(19)37(34,35)18-10-15-2-3-16(11-18)25(15,33)13-30-7-8-36-24(30)32/h1,4-6,9,12,15-16,18,24,32-33H,2-3,7-8,10-11,13H2,(H,29,31). The van der Waals surface area contributed by atoms with Crippen LogP contribution in [0.15, 0.2) is 41.3 Å². The number of rotatable bonds is 6. The highest BCUT2D eigenvalue weighted by molar-refractivity contribution is 7.92. The molecule has 3 fully saturated rings. The van der Waals surface area contributed by atoms with E-state index >= 15 is 0 Å². The van der Waals surface area contributed by atoms with Crippen molar-refractivity contribution in [2.75, 3.05) is 25.0 Å². The van der Waals surface area contributed by atoms with Crippen LogP contribution in [0.1, 0.15) is 36.0 Å². The Morgan fingerprint density at radius 2 is 1.84 bits per heavy atom. The zero-order valence-corrected chi connectivity index (χ0v) is 21.3. The molecule has 5 rings (SSSR count). The van der Waals surface area contributed by atoms with Gasteiger partial charge in [0.15, 0.2) is 21.5 Å². The first-order valence-corrected chi connectivity index (χ1v) is 14.0. The van der Waals surface area contributed by atoms with Crippen LogP contribution in [-0.2, 0) is 14.6 Å². The molecular formula is C25H27ClF2N2O6S. The molecule has 200 valence electrons. The fourth-order valence-electron chi connectivity index (χ4n) is 5.91. The maximum absolute atomic E-state index is 13.7. The number of hydrogen-bond acceptors (Lipinski definition) is 7. The maximum atomic E-state index is 13.7. The predicted octanol–water partition coefficient (Wildman–Crippen LogP) is 3.17. The normalized spacial score (nSPS) is 30.0. The molecule has 2 aromatic rings. The topological polar surface area (TPSA) is 116 Å². The number of fused-ring (bicyclic) bond motifs is 2. The number of benzene rings is 2. The van der Waals surface area contributed by atoms with Gasteiger partial charge >= 0.3 is 0 Å². The van der Waals surface area contributed by atoms with Gasteiger partial charge in [-0.15, -0.1) is 0 Å². The van der Waals surface area contributed by atoms with Crippen molar-refractivity contribution in [3.8, 4) is 0 Å². The summed E-state index contributed by atoms with van der Waals surface area (Å²) in [6, 6.07) is 6.75. The van der Waals surface area contributed by atoms with Crippen LogP contribution in [0.4, 0.5) is 14.5 Å². The Morgan fingerprint density at radius 1 is 1.14 bits per heavy atom. The van der Waals surface area contributed by atoms with Crippen LogP contribution in [0.2, 0.25) is 5.02 Å². The highest BCUT2D eigenvalue weighted by atomic mass is 35.5. The molecule has 2 bridgehead atoms. The lowest BCUT2D eigenvalue weighted by Crippen LogP contribution is -2.55. The number of carbonyl (C=O) groups is 1. The summed E-state index contributed by atoms with van der Waals surface area (Å²) in [7, 11) is -3.97. The van der Waals surface area contributed by atoms with Crippen LogP contribution in [0.25, 0.3) is 0 Å². The molecule has 8 nitrogen and oxygen atoms in total. The summed E-state index contributed by atoms with van der Waals surface area (Å²) in [6.45, 7) is 1.05. The Labute approximate surface area is 218 Å². The van der Waals surface area contributed by atoms with E-state index < -0.39 is 44.6 Å². The number of anilines is 1. The monoisotopic (exact) mass is 556 g/mol. The molecule has 3 aliphatic rings. The molecule has 2 aromatic carbocycles. The molecule has 0 aromatic heterocycles. The molecule has 1 amide bonds. The number of sulfone groups is 1. The fourth-order valence-corrected chi connectivity index (χ4v) is 8.32. The van der Waals surface area contributed by atoms with Gasteiger partial charge in [-0.3, -0.25) is 9.69 Å². The van der Waals surface area contributed by atoms with Gasteiger partial charge in [-0.1, -0.05) is 11.6 Å². The number of nitrogens with one attached hydrogen (secondary N) is 1. The summed E-state index contributed by atoms with van der Waals surface area (Å²) in [5, 5.41) is 23.1. The second kappa shape index (κ2) is 9.87. The van der Waals surface area contributed by atoms with E-state index in [1.807, 2.05) is 0 Å². The first kappa shape index (κ1) is 26.5. The molecule has 0 spiro atoms. The third-order valence-corrected chi connectivity index (χ3v) is 10.6. The summed E-state index contributed by atoms with van der Waals surface area (Å²) in [6.07, 6.45) is 0.706. The smallest absolute Gasteiger partial charge is 0.255 e. The average molecular weight is 557 g/mol. The molecule has 1 aliphatic heterocycles. The SMILES string of the molecule is O=C(Nc1ccc(F)c(F)c1)c1ccc(Cl)c(S(=O)(=O)C2CC3CCC(C2)C3(O)CN2CCOC2O)c1. The number of ether oxygens (including phenoxy) is 1. The summed E-state index contributed by atoms with van der Waals surface area (Å²) in [5.74, 6) is -3.45. The Hall–Kier alpha value is -2.15. The van der Waals surface area contributed by atoms with Gasteiger partial charge in [-0.05, 0) is 67.9 Å². The van der Waals surface area contributed by atoms with Gasteiger partial charge in [0.05, 0.1) is 27.4 Å². The Morgan fingerprint density at radius 3 is 2.46 bits per heavy atom. The minimum Gasteiger partial charge on any atom is -0.388 e. The zero-order chi connectivity index (χ0) is 26.5. The van der Waals surface area contributed by atoms with Gasteiger partial charge < -0.3 is 20.3 Å². The van der Waals surface area contributed by atoms with Crippen LogP contribution in [0.5, 0.6) is 0 Å². The van der Waals surface area contributed by atoms with Crippen molar-refractivity contribution in [3.05, 3.63) is 58.6 Å². The zero-order valence-electron chi connectivity index (χ0n) is 19.7. The van der Waals surface area contributed by atoms with Crippen LogP contribution >= 0.6 is 11.6 Å². The summed E-state index contributed by atoms with van der Waals surface area (Å²) in [4.78, 5) is 14.2. The summed E-state index contributed by atoms with van der Waals surface area (Å²) in [5.41, 5.74) is -1.12. The Balaban J connectivity index is 1.35. The summed E-state index contributed by atoms with van der Waals surface area (Å²) < 4.78 is 59.2. The van der Waals surface area contributed by atoms with Crippen molar-refractivity contribution in [3.63, 3.8) is 0 Å². The van der Waals surface area contributed by atoms with E-state index in [9.17, 15) is 32.2 Å². The first-order valence-electron chi connectivity index (χ1n) is 12.0. The van der Waals surface area contributed by atoms with Crippen molar-refractivity contribution in [1.82, 2.24) is 4.90 Å². The molecule has 1 saturated heterocycles. The van der Waals surface area contributed by atoms with Gasteiger partial charge in [-0.2, -0.15) is 0 Å². The number of carbonyl (C=O) groups excluding carboxylic acids is 1. The Kier molecular flexibility index (Phi) is 7.05. The predicted molar refractivity (Wildman–Crippen MR) is 131 cm³/mol. The molecular weight excluding hydrogens is 530 g/mol. The highest BCUT2D eigenvalue weighted by Gasteiger charge is 2.56. The van der Waals surface area contributed by atoms with Gasteiger partial charge in [0, 0.05) is 30.4 Å². The number of amides is 1. The van der Waals surface area contributed by atoms with Crippen LogP contribution < -0.4 is 5.32 Å². The van der Waals surface area contributed by atoms with Gasteiger partial charge in [0.25, 0.3) is 5.91 Å². The molecule has 2 aliphatic carbocycles. The minimum absolute atomic E-state index is 0.00832. The second-order valence-corrected chi connectivity index (χ2v) is 12.6. The van der Waals surface area contributed by atoms with E-state index in [2.05, 4.69) is 5.32 Å². The van der Waals surface area contributed by atoms with Crippen molar-refractivity contribution < 1.29 is 36.9 Å². The lowest BCUT2D eigenvalue weighted by molar-refractivity contribution is -0.165. The van der Waals surface area contributed by atoms with E-state index in [1.54, 1.807) is 4.90 Å². The number of hydrogen-bond donors (Lipinski definition) is 3. The number of aliphatic hydroxyl groups excluding tert-OH is 1. The van der Waals surface area contributed by atoms with Crippen molar-refractivity contribution in [1.29, 1.82) is 0 Å². The largest absolute Gasteiger partial charge is 0.388 e. The van der Waals surface area contributed by atoms with Crippen LogP contribution in [0.3, 0.4) is 0 Å². The van der Waals surface area contributed by atoms with E-state index in [1.165, 1.54) is 24.3 Å². The van der Waals surface area contributed by atoms with Gasteiger partial charge in [0.2, 0.25) is 6.41 Å². The number of β-amino-alcohol motifs (C(OH)–C–C–N with tert-alkyl or cyclic N) is 1. The highest BCUT2D eigenvalue weighted by Crippen LogP contribution is 2.52. The maximum Gasteiger partial charge on any atom is 0.255 e. The third-order valence-electron chi connectivity index (χ3n) is 7.90. The molecule has 3 unspecified atom stereocenters. The van der Waals surface area contributed by atoms with Crippen LogP contribution in [-0.4, -0.2) is 66.4 Å². The molecule has 3 N–H and O–H groups in total. The molecule has 0 radical (unpaired) electrons. The van der Waals surface area contributed by atoms with E-state index in [-0.39, 0.29) is 52.4 Å². The second-order valence-electron chi connectivity index (χ2n) is 10.00. The van der Waals surface area contributed by atoms with Gasteiger partial charge in [0.1, 0.15) is 0 Å². The van der Waals surface area contributed by atoms with Crippen LogP contribution in [0, 0.1) is 23.5 Å². The summed E-state index contributed by atoms with van der Waals surface area (Å²) >= 11 is 6.28.